The molecule has 1 saturated heterocycles. The fourth-order valence-electron chi connectivity index (χ4n) is 2.99. The van der Waals surface area contributed by atoms with Crippen LogP contribution in [0.3, 0.4) is 0 Å². The highest BCUT2D eigenvalue weighted by atomic mass is 32.2. The number of nitrogens with zero attached hydrogens (tertiary/aromatic N) is 3. The second-order valence-corrected chi connectivity index (χ2v) is 8.15. The average Bonchev–Trinajstić information content (AvgIpc) is 3.04. The van der Waals surface area contributed by atoms with Crippen LogP contribution in [-0.2, 0) is 9.84 Å². The molecule has 1 amide bonds. The molecule has 0 saturated carbocycles. The summed E-state index contributed by atoms with van der Waals surface area (Å²) in [5.74, 6) is -4.12. The molecule has 146 valence electrons. The Morgan fingerprint density at radius 1 is 1.33 bits per heavy atom. The van der Waals surface area contributed by atoms with Crippen molar-refractivity contribution in [2.75, 3.05) is 18.4 Å². The third-order valence-corrected chi connectivity index (χ3v) is 5.83. The van der Waals surface area contributed by atoms with E-state index >= 15 is 0 Å². The summed E-state index contributed by atoms with van der Waals surface area (Å²) in [5.41, 5.74) is 0.781. The smallest absolute Gasteiger partial charge is 0.320 e. The first-order valence-corrected chi connectivity index (χ1v) is 9.91. The summed E-state index contributed by atoms with van der Waals surface area (Å²) in [6.45, 7) is 3.45. The van der Waals surface area contributed by atoms with Crippen molar-refractivity contribution in [1.82, 2.24) is 20.3 Å². The van der Waals surface area contributed by atoms with E-state index in [0.717, 1.165) is 38.1 Å². The van der Waals surface area contributed by atoms with Crippen LogP contribution in [0.25, 0.3) is 0 Å². The van der Waals surface area contributed by atoms with Crippen LogP contribution < -0.4 is 10.6 Å². The molecule has 2 heterocycles. The average molecular weight is 399 g/mol. The lowest BCUT2D eigenvalue weighted by Gasteiger charge is -2.23. The molecule has 0 radical (unpaired) electrons. The molecule has 27 heavy (non-hydrogen) atoms. The molecule has 0 bridgehead atoms. The summed E-state index contributed by atoms with van der Waals surface area (Å²) >= 11 is 0. The molecule has 0 unspecified atom stereocenters. The van der Waals surface area contributed by atoms with Crippen LogP contribution >= 0.6 is 0 Å². The Labute approximate surface area is 154 Å². The third kappa shape index (κ3) is 3.98. The van der Waals surface area contributed by atoms with Crippen LogP contribution in [0.2, 0.25) is 0 Å². The summed E-state index contributed by atoms with van der Waals surface area (Å²) in [6.07, 6.45) is 1.75. The predicted octanol–water partition coefficient (Wildman–Crippen LogP) is 1.76. The van der Waals surface area contributed by atoms with Gasteiger partial charge >= 0.3 is 5.76 Å². The number of amides is 1. The normalized spacial score (nSPS) is 15.9. The highest BCUT2D eigenvalue weighted by Gasteiger charge is 2.27. The van der Waals surface area contributed by atoms with Gasteiger partial charge in [-0.2, -0.15) is 8.78 Å². The highest BCUT2D eigenvalue weighted by molar-refractivity contribution is 7.91. The highest BCUT2D eigenvalue weighted by Crippen LogP contribution is 2.23. The van der Waals surface area contributed by atoms with Gasteiger partial charge in [0.05, 0.1) is 16.6 Å². The van der Waals surface area contributed by atoms with Gasteiger partial charge in [0.15, 0.2) is 5.69 Å². The molecule has 11 heteroatoms. The van der Waals surface area contributed by atoms with Crippen molar-refractivity contribution in [2.24, 2.45) is 0 Å². The van der Waals surface area contributed by atoms with E-state index in [1.165, 1.54) is 12.1 Å². The first-order valence-electron chi connectivity index (χ1n) is 8.36. The van der Waals surface area contributed by atoms with E-state index in [1.807, 2.05) is 0 Å². The van der Waals surface area contributed by atoms with Gasteiger partial charge in [-0.1, -0.05) is 11.3 Å². The number of hydrogen-bond donors (Lipinski definition) is 2. The van der Waals surface area contributed by atoms with Crippen LogP contribution in [0.15, 0.2) is 29.2 Å². The third-order valence-electron chi connectivity index (χ3n) is 4.45. The van der Waals surface area contributed by atoms with E-state index in [0.29, 0.717) is 5.69 Å². The Hall–Kier alpha value is -2.40. The Bertz CT molecular complexity index is 939. The van der Waals surface area contributed by atoms with Crippen molar-refractivity contribution >= 4 is 21.4 Å². The van der Waals surface area contributed by atoms with E-state index in [1.54, 1.807) is 11.6 Å². The second-order valence-electron chi connectivity index (χ2n) is 6.24. The number of aromatic nitrogens is 3. The number of piperidine rings is 1. The number of benzene rings is 1. The number of carbonyl (C=O) groups excluding carboxylic acids is 1. The molecule has 1 aromatic carbocycles. The van der Waals surface area contributed by atoms with Gasteiger partial charge in [-0.15, -0.1) is 5.10 Å². The molecule has 0 atom stereocenters. The summed E-state index contributed by atoms with van der Waals surface area (Å²) in [5, 5.41) is 13.7. The van der Waals surface area contributed by atoms with Crippen molar-refractivity contribution in [3.05, 3.63) is 35.7 Å². The quantitative estimate of drug-likeness (QED) is 0.794. The van der Waals surface area contributed by atoms with Gasteiger partial charge in [-0.3, -0.25) is 4.79 Å². The Kier molecular flexibility index (Phi) is 5.51. The van der Waals surface area contributed by atoms with Gasteiger partial charge in [0.25, 0.3) is 5.91 Å². The minimum absolute atomic E-state index is 0.0811. The van der Waals surface area contributed by atoms with E-state index in [-0.39, 0.29) is 17.4 Å². The molecule has 0 spiro atoms. The molecule has 1 aliphatic rings. The maximum Gasteiger partial charge on any atom is 0.341 e. The second kappa shape index (κ2) is 7.69. The van der Waals surface area contributed by atoms with Gasteiger partial charge in [0.2, 0.25) is 9.84 Å². The number of alkyl halides is 2. The molecule has 2 N–H and O–H groups in total. The largest absolute Gasteiger partial charge is 0.341 e. The Balaban J connectivity index is 1.79. The van der Waals surface area contributed by atoms with E-state index < -0.39 is 26.4 Å². The fourth-order valence-corrected chi connectivity index (χ4v) is 3.76. The molecule has 0 aliphatic carbocycles. The zero-order valence-corrected chi connectivity index (χ0v) is 15.3. The number of sulfone groups is 1. The van der Waals surface area contributed by atoms with Crippen LogP contribution in [0, 0.1) is 6.92 Å². The lowest BCUT2D eigenvalue weighted by atomic mass is 10.1. The molecule has 1 aliphatic heterocycles. The Morgan fingerprint density at radius 3 is 2.70 bits per heavy atom. The molecule has 8 nitrogen and oxygen atoms in total. The van der Waals surface area contributed by atoms with Crippen molar-refractivity contribution in [1.29, 1.82) is 0 Å². The van der Waals surface area contributed by atoms with E-state index in [4.69, 9.17) is 0 Å². The maximum absolute atomic E-state index is 12.7. The SMILES string of the molecule is Cc1c(C(=O)Nc2cccc(S(=O)(=O)C(F)F)c2)nnn1C1CCNCC1. The minimum atomic E-state index is -4.74. The van der Waals surface area contributed by atoms with Crippen LogP contribution in [0.1, 0.15) is 35.1 Å². The predicted molar refractivity (Wildman–Crippen MR) is 93.5 cm³/mol. The number of carbonyl (C=O) groups is 1. The molecular weight excluding hydrogens is 380 g/mol. The number of hydrogen-bond acceptors (Lipinski definition) is 6. The topological polar surface area (TPSA) is 106 Å². The molecule has 1 aromatic heterocycles. The lowest BCUT2D eigenvalue weighted by Crippen LogP contribution is -2.30. The maximum atomic E-state index is 12.7. The molecular formula is C16H19F2N5O3S. The number of anilines is 1. The fraction of sp³-hybridized carbons (Fsp3) is 0.438. The first kappa shape index (κ1) is 19.4. The van der Waals surface area contributed by atoms with Crippen LogP contribution in [0.5, 0.6) is 0 Å². The minimum Gasteiger partial charge on any atom is -0.320 e. The van der Waals surface area contributed by atoms with Crippen molar-refractivity contribution < 1.29 is 22.0 Å². The van der Waals surface area contributed by atoms with Gasteiger partial charge in [-0.25, -0.2) is 13.1 Å². The number of halogens is 2. The summed E-state index contributed by atoms with van der Waals surface area (Å²) in [7, 11) is -4.74. The summed E-state index contributed by atoms with van der Waals surface area (Å²) in [4.78, 5) is 11.9. The van der Waals surface area contributed by atoms with Crippen LogP contribution in [0.4, 0.5) is 14.5 Å². The van der Waals surface area contributed by atoms with Crippen LogP contribution in [-0.4, -0.2) is 48.2 Å². The summed E-state index contributed by atoms with van der Waals surface area (Å²) < 4.78 is 50.3. The lowest BCUT2D eigenvalue weighted by molar-refractivity contribution is 0.102. The number of nitrogens with one attached hydrogen (secondary N) is 2. The van der Waals surface area contributed by atoms with Gasteiger partial charge in [0.1, 0.15) is 0 Å². The molecule has 1 fully saturated rings. The zero-order chi connectivity index (χ0) is 19.6. The first-order chi connectivity index (χ1) is 12.8. The van der Waals surface area contributed by atoms with Gasteiger partial charge in [0, 0.05) is 5.69 Å². The van der Waals surface area contributed by atoms with Gasteiger partial charge in [-0.05, 0) is 51.1 Å². The van der Waals surface area contributed by atoms with Gasteiger partial charge < -0.3 is 10.6 Å². The standard InChI is InChI=1S/C16H19F2N5O3S/c1-10-14(21-22-23(10)12-5-7-19-8-6-12)15(24)20-11-3-2-4-13(9-11)27(25,26)16(17)18/h2-4,9,12,16,19H,5-8H2,1H3,(H,20,24). The molecule has 2 aromatic rings. The Morgan fingerprint density at radius 2 is 2.04 bits per heavy atom. The zero-order valence-electron chi connectivity index (χ0n) is 14.5. The molecule has 3 rings (SSSR count). The van der Waals surface area contributed by atoms with Crippen molar-refractivity contribution in [2.45, 2.75) is 36.5 Å². The number of rotatable bonds is 5. The van der Waals surface area contributed by atoms with E-state index in [9.17, 15) is 22.0 Å². The van der Waals surface area contributed by atoms with Crippen molar-refractivity contribution in [3.8, 4) is 0 Å². The monoisotopic (exact) mass is 399 g/mol. The summed E-state index contributed by atoms with van der Waals surface area (Å²) in [6, 6.07) is 4.89. The van der Waals surface area contributed by atoms with Crippen molar-refractivity contribution in [3.63, 3.8) is 0 Å². The van der Waals surface area contributed by atoms with E-state index in [2.05, 4.69) is 20.9 Å².